The van der Waals surface area contributed by atoms with Crippen LogP contribution in [0.5, 0.6) is 5.75 Å². The Hall–Kier alpha value is -2.86. The number of methoxy groups -OCH3 is 1. The standard InChI is InChI=1S/C38H54N2O4/c1-29(2)26-40(36(42)17-10-6-9-14-31-12-7-5-8-13-31)34-20-21-38(44-30(3)41)28-39(27-32-18-19-32)23-22-37(38,25-34)33-15-11-16-35(24-33)43-4/h5,7-8,11-13,15-16,24,29,32,34H,6,9-10,14,17-23,25-28H2,1-4H3/t34-,37-,38-/m0/s1. The molecule has 3 atom stereocenters. The van der Waals surface area contributed by atoms with Gasteiger partial charge >= 0.3 is 5.97 Å². The fraction of sp³-hybridized carbons (Fsp3) is 0.632. The molecule has 2 saturated carbocycles. The van der Waals surface area contributed by atoms with Crippen LogP contribution in [0.2, 0.25) is 0 Å². The molecule has 2 aromatic carbocycles. The van der Waals surface area contributed by atoms with Crippen molar-refractivity contribution < 1.29 is 19.1 Å². The van der Waals surface area contributed by atoms with Crippen molar-refractivity contribution in [1.82, 2.24) is 9.80 Å². The molecule has 0 N–H and O–H groups in total. The number of benzene rings is 2. The number of esters is 1. The molecule has 2 aliphatic carbocycles. The minimum atomic E-state index is -0.626. The predicted octanol–water partition coefficient (Wildman–Crippen LogP) is 7.19. The number of ether oxygens (including phenoxy) is 2. The van der Waals surface area contributed by atoms with Crippen LogP contribution < -0.4 is 4.74 Å². The first-order chi connectivity index (χ1) is 21.2. The highest BCUT2D eigenvalue weighted by Gasteiger charge is 2.61. The summed E-state index contributed by atoms with van der Waals surface area (Å²) in [4.78, 5) is 31.5. The molecule has 1 saturated heterocycles. The number of likely N-dealkylation sites (tertiary alicyclic amines) is 1. The lowest BCUT2D eigenvalue weighted by atomic mass is 9.54. The van der Waals surface area contributed by atoms with Crippen molar-refractivity contribution in [3.05, 3.63) is 65.7 Å². The molecule has 1 heterocycles. The van der Waals surface area contributed by atoms with Gasteiger partial charge in [0.05, 0.1) is 7.11 Å². The molecule has 44 heavy (non-hydrogen) atoms. The molecule has 0 radical (unpaired) electrons. The van der Waals surface area contributed by atoms with Crippen LogP contribution in [0, 0.1) is 11.8 Å². The zero-order chi connectivity index (χ0) is 31.2. The Labute approximate surface area is 265 Å². The molecule has 2 aromatic rings. The highest BCUT2D eigenvalue weighted by atomic mass is 16.6. The van der Waals surface area contributed by atoms with Crippen LogP contribution in [0.15, 0.2) is 54.6 Å². The molecular weight excluding hydrogens is 548 g/mol. The minimum Gasteiger partial charge on any atom is -0.497 e. The molecule has 1 aliphatic heterocycles. The SMILES string of the molecule is COc1cccc([C@@]23CCN(CC4CC4)C[C@@]2(OC(C)=O)CC[C@H](N(CC(C)C)C(=O)CCCCCc2ccccc2)C3)c1. The summed E-state index contributed by atoms with van der Waals surface area (Å²) in [7, 11) is 1.71. The van der Waals surface area contributed by atoms with Crippen molar-refractivity contribution >= 4 is 11.9 Å². The first kappa shape index (κ1) is 32.5. The molecule has 0 unspecified atom stereocenters. The number of aryl methyl sites for hydroxylation is 1. The van der Waals surface area contributed by atoms with Crippen molar-refractivity contribution in [3.63, 3.8) is 0 Å². The highest BCUT2D eigenvalue weighted by Crippen LogP contribution is 2.55. The molecule has 6 nitrogen and oxygen atoms in total. The molecular formula is C38H54N2O4. The van der Waals surface area contributed by atoms with E-state index in [1.54, 1.807) is 14.0 Å². The average Bonchev–Trinajstić information content (AvgIpc) is 3.83. The van der Waals surface area contributed by atoms with Crippen LogP contribution >= 0.6 is 0 Å². The maximum absolute atomic E-state index is 14.0. The third-order valence-corrected chi connectivity index (χ3v) is 10.4. The van der Waals surface area contributed by atoms with E-state index >= 15 is 0 Å². The topological polar surface area (TPSA) is 59.1 Å². The zero-order valence-electron chi connectivity index (χ0n) is 27.6. The van der Waals surface area contributed by atoms with E-state index in [4.69, 9.17) is 9.47 Å². The fourth-order valence-corrected chi connectivity index (χ4v) is 8.09. The van der Waals surface area contributed by atoms with E-state index in [9.17, 15) is 9.59 Å². The number of hydrogen-bond donors (Lipinski definition) is 0. The van der Waals surface area contributed by atoms with E-state index in [-0.39, 0.29) is 23.3 Å². The van der Waals surface area contributed by atoms with Gasteiger partial charge in [0.1, 0.15) is 11.4 Å². The van der Waals surface area contributed by atoms with Gasteiger partial charge in [-0.15, -0.1) is 0 Å². The molecule has 0 aromatic heterocycles. The largest absolute Gasteiger partial charge is 0.497 e. The summed E-state index contributed by atoms with van der Waals surface area (Å²) < 4.78 is 12.2. The van der Waals surface area contributed by atoms with Gasteiger partial charge < -0.3 is 14.4 Å². The van der Waals surface area contributed by atoms with Gasteiger partial charge in [-0.1, -0.05) is 62.7 Å². The summed E-state index contributed by atoms with van der Waals surface area (Å²) in [5, 5.41) is 0. The molecule has 0 spiro atoms. The maximum atomic E-state index is 14.0. The van der Waals surface area contributed by atoms with E-state index in [0.717, 1.165) is 89.2 Å². The number of amides is 1. The number of piperidine rings is 1. The lowest BCUT2D eigenvalue weighted by Gasteiger charge is -2.60. The Morgan fingerprint density at radius 1 is 1.00 bits per heavy atom. The molecule has 6 heteroatoms. The summed E-state index contributed by atoms with van der Waals surface area (Å²) in [5.41, 5.74) is 1.52. The first-order valence-corrected chi connectivity index (χ1v) is 17.1. The van der Waals surface area contributed by atoms with Crippen LogP contribution in [-0.2, 0) is 26.2 Å². The Kier molecular flexibility index (Phi) is 10.7. The van der Waals surface area contributed by atoms with Crippen LogP contribution in [0.1, 0.15) is 96.1 Å². The van der Waals surface area contributed by atoms with E-state index < -0.39 is 5.60 Å². The number of hydrogen-bond acceptors (Lipinski definition) is 5. The molecule has 240 valence electrons. The Morgan fingerprint density at radius 2 is 1.80 bits per heavy atom. The number of fused-ring (bicyclic) bond motifs is 1. The second-order valence-electron chi connectivity index (χ2n) is 14.2. The van der Waals surface area contributed by atoms with Gasteiger partial charge in [0.25, 0.3) is 0 Å². The molecule has 3 aliphatic rings. The Morgan fingerprint density at radius 3 is 2.50 bits per heavy atom. The molecule has 5 rings (SSSR count). The maximum Gasteiger partial charge on any atom is 0.303 e. The van der Waals surface area contributed by atoms with Gasteiger partial charge in [-0.05, 0) is 99.4 Å². The van der Waals surface area contributed by atoms with E-state index in [1.807, 2.05) is 6.07 Å². The molecule has 0 bridgehead atoms. The van der Waals surface area contributed by atoms with Gasteiger partial charge in [0.2, 0.25) is 5.91 Å². The van der Waals surface area contributed by atoms with E-state index in [1.165, 1.54) is 24.0 Å². The lowest BCUT2D eigenvalue weighted by Crippen LogP contribution is -2.69. The van der Waals surface area contributed by atoms with Crippen molar-refractivity contribution in [1.29, 1.82) is 0 Å². The Bertz CT molecular complexity index is 1240. The van der Waals surface area contributed by atoms with Gasteiger partial charge in [0, 0.05) is 44.4 Å². The molecule has 3 fully saturated rings. The van der Waals surface area contributed by atoms with Gasteiger partial charge in [-0.3, -0.25) is 14.5 Å². The quantitative estimate of drug-likeness (QED) is 0.169. The van der Waals surface area contributed by atoms with Crippen molar-refractivity contribution in [2.75, 3.05) is 33.3 Å². The van der Waals surface area contributed by atoms with Crippen LogP contribution in [-0.4, -0.2) is 66.6 Å². The second kappa shape index (κ2) is 14.5. The predicted molar refractivity (Wildman–Crippen MR) is 176 cm³/mol. The van der Waals surface area contributed by atoms with E-state index in [0.29, 0.717) is 12.3 Å². The summed E-state index contributed by atoms with van der Waals surface area (Å²) in [6.07, 6.45) is 10.7. The van der Waals surface area contributed by atoms with Gasteiger partial charge in [-0.2, -0.15) is 0 Å². The first-order valence-electron chi connectivity index (χ1n) is 17.1. The third-order valence-electron chi connectivity index (χ3n) is 10.4. The normalized spacial score (nSPS) is 25.3. The summed E-state index contributed by atoms with van der Waals surface area (Å²) >= 11 is 0. The zero-order valence-corrected chi connectivity index (χ0v) is 27.6. The van der Waals surface area contributed by atoms with E-state index in [2.05, 4.69) is 72.2 Å². The van der Waals surface area contributed by atoms with Crippen LogP contribution in [0.3, 0.4) is 0 Å². The highest BCUT2D eigenvalue weighted by molar-refractivity contribution is 5.76. The van der Waals surface area contributed by atoms with Crippen molar-refractivity contribution in [2.45, 2.75) is 108 Å². The third kappa shape index (κ3) is 7.67. The second-order valence-corrected chi connectivity index (χ2v) is 14.2. The number of carbonyl (C=O) groups is 2. The number of carbonyl (C=O) groups excluding carboxylic acids is 2. The number of rotatable bonds is 14. The monoisotopic (exact) mass is 602 g/mol. The summed E-state index contributed by atoms with van der Waals surface area (Å²) in [6.45, 7) is 9.55. The number of nitrogens with zero attached hydrogens (tertiary/aromatic N) is 2. The average molecular weight is 603 g/mol. The smallest absolute Gasteiger partial charge is 0.303 e. The minimum absolute atomic E-state index is 0.110. The Balaban J connectivity index is 1.37. The summed E-state index contributed by atoms with van der Waals surface area (Å²) in [6, 6.07) is 19.1. The van der Waals surface area contributed by atoms with Crippen LogP contribution in [0.4, 0.5) is 0 Å². The van der Waals surface area contributed by atoms with Crippen LogP contribution in [0.25, 0.3) is 0 Å². The summed E-state index contributed by atoms with van der Waals surface area (Å²) in [5.74, 6) is 2.04. The van der Waals surface area contributed by atoms with Crippen molar-refractivity contribution in [3.8, 4) is 5.75 Å². The van der Waals surface area contributed by atoms with Crippen molar-refractivity contribution in [2.24, 2.45) is 11.8 Å². The van der Waals surface area contributed by atoms with Gasteiger partial charge in [0.15, 0.2) is 0 Å². The van der Waals surface area contributed by atoms with Gasteiger partial charge in [-0.25, -0.2) is 0 Å². The number of unbranched alkanes of at least 4 members (excludes halogenated alkanes) is 2. The molecule has 1 amide bonds. The fourth-order valence-electron chi connectivity index (χ4n) is 8.09. The lowest BCUT2D eigenvalue weighted by molar-refractivity contribution is -0.190.